The van der Waals surface area contributed by atoms with Gasteiger partial charge in [0.1, 0.15) is 6.07 Å². The highest BCUT2D eigenvalue weighted by atomic mass is 16.5. The molecule has 0 saturated heterocycles. The highest BCUT2D eigenvalue weighted by Crippen LogP contribution is 2.33. The van der Waals surface area contributed by atoms with E-state index in [0.717, 1.165) is 29.8 Å². The molecule has 1 unspecified atom stereocenters. The van der Waals surface area contributed by atoms with Crippen molar-refractivity contribution < 1.29 is 14.3 Å². The quantitative estimate of drug-likeness (QED) is 0.268. The monoisotopic (exact) mass is 467 g/mol. The van der Waals surface area contributed by atoms with Crippen molar-refractivity contribution in [1.29, 1.82) is 5.26 Å². The molecule has 178 valence electrons. The fourth-order valence-electron chi connectivity index (χ4n) is 4.36. The lowest BCUT2D eigenvalue weighted by Gasteiger charge is -2.21. The second kappa shape index (κ2) is 11.5. The van der Waals surface area contributed by atoms with Gasteiger partial charge in [-0.2, -0.15) is 5.26 Å². The van der Waals surface area contributed by atoms with Crippen molar-refractivity contribution in [3.05, 3.63) is 101 Å². The minimum Gasteiger partial charge on any atom is -0.462 e. The van der Waals surface area contributed by atoms with Crippen molar-refractivity contribution in [1.82, 2.24) is 5.32 Å². The predicted octanol–water partition coefficient (Wildman–Crippen LogP) is 4.53. The Hall–Kier alpha value is -3.95. The second-order valence-corrected chi connectivity index (χ2v) is 8.69. The Kier molecular flexibility index (Phi) is 7.92. The summed E-state index contributed by atoms with van der Waals surface area (Å²) in [5.41, 5.74) is 4.64. The number of carbonyl (C=O) groups is 2. The number of anilines is 1. The number of esters is 1. The molecule has 6 nitrogen and oxygen atoms in total. The van der Waals surface area contributed by atoms with Crippen molar-refractivity contribution in [2.75, 3.05) is 24.6 Å². The van der Waals surface area contributed by atoms with Crippen molar-refractivity contribution in [2.45, 2.75) is 32.4 Å². The highest BCUT2D eigenvalue weighted by molar-refractivity contribution is 6.01. The molecule has 0 aliphatic carbocycles. The Bertz CT molecular complexity index is 1220. The predicted molar refractivity (Wildman–Crippen MR) is 135 cm³/mol. The summed E-state index contributed by atoms with van der Waals surface area (Å²) in [6.07, 6.45) is 1.44. The van der Waals surface area contributed by atoms with Crippen LogP contribution < -0.4 is 10.2 Å². The third kappa shape index (κ3) is 5.95. The van der Waals surface area contributed by atoms with E-state index in [4.69, 9.17) is 4.74 Å². The van der Waals surface area contributed by atoms with Gasteiger partial charge in [0, 0.05) is 25.2 Å². The summed E-state index contributed by atoms with van der Waals surface area (Å²) in [7, 11) is 0. The maximum Gasteiger partial charge on any atom is 0.338 e. The second-order valence-electron chi connectivity index (χ2n) is 8.69. The summed E-state index contributed by atoms with van der Waals surface area (Å²) in [6.45, 7) is 4.21. The van der Waals surface area contributed by atoms with Gasteiger partial charge in [0.2, 0.25) is 0 Å². The van der Waals surface area contributed by atoms with Gasteiger partial charge < -0.3 is 15.0 Å². The van der Waals surface area contributed by atoms with Gasteiger partial charge in [-0.15, -0.1) is 0 Å². The Balaban J connectivity index is 1.35. The van der Waals surface area contributed by atoms with Crippen LogP contribution in [0.3, 0.4) is 0 Å². The summed E-state index contributed by atoms with van der Waals surface area (Å²) in [5.74, 6) is -0.352. The summed E-state index contributed by atoms with van der Waals surface area (Å²) < 4.78 is 5.38. The lowest BCUT2D eigenvalue weighted by molar-refractivity contribution is 0.0502. The zero-order chi connectivity index (χ0) is 24.6. The third-order valence-electron chi connectivity index (χ3n) is 6.22. The van der Waals surface area contributed by atoms with E-state index in [1.807, 2.05) is 49.4 Å². The van der Waals surface area contributed by atoms with E-state index in [1.54, 1.807) is 30.3 Å². The maximum atomic E-state index is 13.1. The van der Waals surface area contributed by atoms with Gasteiger partial charge in [-0.3, -0.25) is 4.79 Å². The van der Waals surface area contributed by atoms with E-state index < -0.39 is 0 Å². The number of ketones is 1. The van der Waals surface area contributed by atoms with Crippen LogP contribution in [0.2, 0.25) is 0 Å². The average molecular weight is 468 g/mol. The van der Waals surface area contributed by atoms with Gasteiger partial charge >= 0.3 is 5.97 Å². The number of fused-ring (bicyclic) bond motifs is 1. The molecule has 0 radical (unpaired) electrons. The smallest absolute Gasteiger partial charge is 0.338 e. The summed E-state index contributed by atoms with van der Waals surface area (Å²) >= 11 is 0. The number of benzene rings is 3. The third-order valence-corrected chi connectivity index (χ3v) is 6.22. The Morgan fingerprint density at radius 1 is 1.06 bits per heavy atom. The molecule has 3 aromatic rings. The molecule has 1 heterocycles. The molecule has 0 aromatic heterocycles. The van der Waals surface area contributed by atoms with Crippen LogP contribution in [0.15, 0.2) is 72.8 Å². The first-order chi connectivity index (χ1) is 17.1. The van der Waals surface area contributed by atoms with Crippen LogP contribution in [-0.2, 0) is 17.7 Å². The Morgan fingerprint density at radius 2 is 1.77 bits per heavy atom. The molecule has 1 aliphatic rings. The zero-order valence-corrected chi connectivity index (χ0v) is 19.9. The van der Waals surface area contributed by atoms with Gasteiger partial charge in [0.05, 0.1) is 29.5 Å². The fourth-order valence-corrected chi connectivity index (χ4v) is 4.36. The topological polar surface area (TPSA) is 82.4 Å². The number of nitriles is 1. The number of hydrogen-bond acceptors (Lipinski definition) is 6. The van der Waals surface area contributed by atoms with Crippen LogP contribution in [0.5, 0.6) is 0 Å². The molecule has 1 N–H and O–H groups in total. The SMILES string of the molecule is CC(NCc1ccccc1)C(=O)c1cc(C#N)c2c(c1)CCN2CCCOC(=O)c1ccccc1. The highest BCUT2D eigenvalue weighted by Gasteiger charge is 2.26. The summed E-state index contributed by atoms with van der Waals surface area (Å²) in [6, 6.07) is 24.4. The van der Waals surface area contributed by atoms with Crippen LogP contribution >= 0.6 is 0 Å². The van der Waals surface area contributed by atoms with Gasteiger partial charge in [0.25, 0.3) is 0 Å². The number of rotatable bonds is 10. The van der Waals surface area contributed by atoms with Gasteiger partial charge in [-0.1, -0.05) is 48.5 Å². The van der Waals surface area contributed by atoms with Crippen molar-refractivity contribution in [3.63, 3.8) is 0 Å². The minimum atomic E-state index is -0.364. The standard InChI is InChI=1S/C29H29N3O3/c1-21(31-20-22-9-4-2-5-10-22)28(33)25-17-24-13-15-32(27(24)26(18-25)19-30)14-8-16-35-29(34)23-11-6-3-7-12-23/h2-7,9-12,17-18,21,31H,8,13-16,20H2,1H3. The lowest BCUT2D eigenvalue weighted by Crippen LogP contribution is -2.33. The minimum absolute atomic E-state index is 0.0218. The molecule has 6 heteroatoms. The Morgan fingerprint density at radius 3 is 2.49 bits per heavy atom. The summed E-state index contributed by atoms with van der Waals surface area (Å²) in [5, 5.41) is 13.1. The molecule has 0 amide bonds. The van der Waals surface area contributed by atoms with Gasteiger partial charge in [0.15, 0.2) is 5.78 Å². The van der Waals surface area contributed by atoms with Crippen molar-refractivity contribution in [3.8, 4) is 6.07 Å². The molecule has 0 saturated carbocycles. The zero-order valence-electron chi connectivity index (χ0n) is 19.9. The molecule has 3 aromatic carbocycles. The lowest BCUT2D eigenvalue weighted by atomic mass is 9.98. The number of nitrogens with zero attached hydrogens (tertiary/aromatic N) is 2. The first-order valence-corrected chi connectivity index (χ1v) is 11.9. The molecule has 1 atom stereocenters. The van der Waals surface area contributed by atoms with E-state index in [9.17, 15) is 14.9 Å². The normalized spacial score (nSPS) is 13.1. The molecule has 4 rings (SSSR count). The van der Waals surface area contributed by atoms with Crippen LogP contribution in [0.25, 0.3) is 0 Å². The van der Waals surface area contributed by atoms with Crippen LogP contribution in [-0.4, -0.2) is 37.5 Å². The van der Waals surface area contributed by atoms with Crippen molar-refractivity contribution >= 4 is 17.4 Å². The van der Waals surface area contributed by atoms with E-state index in [-0.39, 0.29) is 17.8 Å². The largest absolute Gasteiger partial charge is 0.462 e. The molecular weight excluding hydrogens is 438 g/mol. The van der Waals surface area contributed by atoms with Gasteiger partial charge in [-0.05, 0) is 55.2 Å². The number of ether oxygens (including phenoxy) is 1. The van der Waals surface area contributed by atoms with Crippen LogP contribution in [0, 0.1) is 11.3 Å². The molecular formula is C29H29N3O3. The van der Waals surface area contributed by atoms with E-state index in [0.29, 0.717) is 42.8 Å². The van der Waals surface area contributed by atoms with E-state index >= 15 is 0 Å². The molecule has 35 heavy (non-hydrogen) atoms. The fraction of sp³-hybridized carbons (Fsp3) is 0.276. The average Bonchev–Trinajstić information content (AvgIpc) is 3.32. The summed E-state index contributed by atoms with van der Waals surface area (Å²) in [4.78, 5) is 27.3. The maximum absolute atomic E-state index is 13.1. The first kappa shape index (κ1) is 24.2. The Labute approximate surface area is 206 Å². The molecule has 0 fully saturated rings. The van der Waals surface area contributed by atoms with Crippen LogP contribution in [0.4, 0.5) is 5.69 Å². The number of Topliss-reactive ketones (excluding diaryl/α,β-unsaturated/α-hetero) is 1. The molecule has 1 aliphatic heterocycles. The number of hydrogen-bond donors (Lipinski definition) is 1. The van der Waals surface area contributed by atoms with E-state index in [2.05, 4.69) is 16.3 Å². The number of nitrogens with one attached hydrogen (secondary N) is 1. The van der Waals surface area contributed by atoms with Gasteiger partial charge in [-0.25, -0.2) is 4.79 Å². The molecule has 0 bridgehead atoms. The number of carbonyl (C=O) groups excluding carboxylic acids is 2. The van der Waals surface area contributed by atoms with Crippen molar-refractivity contribution in [2.24, 2.45) is 0 Å². The van der Waals surface area contributed by atoms with E-state index in [1.165, 1.54) is 0 Å². The first-order valence-electron chi connectivity index (χ1n) is 11.9. The molecule has 0 spiro atoms. The van der Waals surface area contributed by atoms with Crippen LogP contribution in [0.1, 0.15) is 50.8 Å².